The van der Waals surface area contributed by atoms with Crippen LogP contribution in [0.5, 0.6) is 0 Å². The average Bonchev–Trinajstić information content (AvgIpc) is 2.59. The van der Waals surface area contributed by atoms with E-state index in [1.165, 1.54) is 18.2 Å². The van der Waals surface area contributed by atoms with Gasteiger partial charge in [0.1, 0.15) is 5.82 Å². The summed E-state index contributed by atoms with van der Waals surface area (Å²) in [5.41, 5.74) is 1.22. The van der Waals surface area contributed by atoms with Crippen molar-refractivity contribution in [1.82, 2.24) is 4.57 Å². The molecule has 0 aliphatic heterocycles. The van der Waals surface area contributed by atoms with Gasteiger partial charge >= 0.3 is 0 Å². The molecule has 0 saturated heterocycles. The van der Waals surface area contributed by atoms with E-state index in [4.69, 9.17) is 0 Å². The van der Waals surface area contributed by atoms with E-state index in [9.17, 15) is 14.0 Å². The van der Waals surface area contributed by atoms with Crippen LogP contribution in [0, 0.1) is 18.2 Å². The molecule has 0 unspecified atom stereocenters. The number of nitrogens with one attached hydrogen (secondary N) is 1. The quantitative estimate of drug-likeness (QED) is 0.727. The second-order valence-electron chi connectivity index (χ2n) is 7.99. The van der Waals surface area contributed by atoms with E-state index in [-0.39, 0.29) is 22.7 Å². The van der Waals surface area contributed by atoms with Crippen molar-refractivity contribution in [2.45, 2.75) is 34.2 Å². The molecule has 2 aromatic carbocycles. The maximum Gasteiger partial charge on any atom is 0.258 e. The molecule has 5 heteroatoms. The van der Waals surface area contributed by atoms with Gasteiger partial charge in [0.2, 0.25) is 0 Å². The zero-order valence-electron chi connectivity index (χ0n) is 16.0. The summed E-state index contributed by atoms with van der Waals surface area (Å²) in [5.74, 6) is -0.694. The minimum absolute atomic E-state index is 0.0240. The van der Waals surface area contributed by atoms with Crippen molar-refractivity contribution in [3.63, 3.8) is 0 Å². The van der Waals surface area contributed by atoms with Crippen LogP contribution in [0.1, 0.15) is 36.7 Å². The number of nitrogens with zero attached hydrogens (tertiary/aromatic N) is 1. The lowest BCUT2D eigenvalue weighted by Crippen LogP contribution is -2.26. The highest BCUT2D eigenvalue weighted by Crippen LogP contribution is 2.23. The summed E-state index contributed by atoms with van der Waals surface area (Å²) in [7, 11) is 0. The fraction of sp³-hybridized carbons (Fsp3) is 0.273. The molecule has 0 aliphatic rings. The number of carbonyl (C=O) groups excluding carboxylic acids is 1. The van der Waals surface area contributed by atoms with Gasteiger partial charge in [0.05, 0.1) is 0 Å². The van der Waals surface area contributed by atoms with Gasteiger partial charge in [-0.1, -0.05) is 26.8 Å². The van der Waals surface area contributed by atoms with Crippen LogP contribution in [0.3, 0.4) is 0 Å². The van der Waals surface area contributed by atoms with Crippen molar-refractivity contribution >= 4 is 22.4 Å². The molecular weight excluding hydrogens is 343 g/mol. The Morgan fingerprint density at radius 1 is 1.11 bits per heavy atom. The number of carbonyl (C=O) groups is 1. The van der Waals surface area contributed by atoms with Gasteiger partial charge in [-0.05, 0) is 54.3 Å². The number of hydrogen-bond donors (Lipinski definition) is 1. The number of aromatic nitrogens is 1. The molecular formula is C22H23FN2O2. The molecule has 0 spiro atoms. The van der Waals surface area contributed by atoms with Gasteiger partial charge in [0.25, 0.3) is 11.5 Å². The number of anilines is 1. The smallest absolute Gasteiger partial charge is 0.258 e. The molecule has 3 aromatic rings. The number of hydrogen-bond acceptors (Lipinski definition) is 2. The Morgan fingerprint density at radius 2 is 1.85 bits per heavy atom. The molecule has 0 radical (unpaired) electrons. The molecule has 3 rings (SSSR count). The third kappa shape index (κ3) is 4.08. The Kier molecular flexibility index (Phi) is 4.87. The largest absolute Gasteiger partial charge is 0.321 e. The first-order valence-electron chi connectivity index (χ1n) is 8.85. The molecule has 1 aromatic heterocycles. The molecule has 1 N–H and O–H groups in total. The average molecular weight is 366 g/mol. The first-order chi connectivity index (χ1) is 12.7. The number of aryl methyl sites for hydroxylation is 1. The summed E-state index contributed by atoms with van der Waals surface area (Å²) in [5, 5.41) is 4.06. The predicted molar refractivity (Wildman–Crippen MR) is 107 cm³/mol. The normalized spacial score (nSPS) is 11.6. The van der Waals surface area contributed by atoms with Crippen molar-refractivity contribution in [2.75, 3.05) is 5.32 Å². The minimum Gasteiger partial charge on any atom is -0.321 e. The summed E-state index contributed by atoms with van der Waals surface area (Å²) in [6, 6.07) is 11.3. The van der Waals surface area contributed by atoms with Crippen molar-refractivity contribution in [1.29, 1.82) is 0 Å². The molecule has 0 bridgehead atoms. The monoisotopic (exact) mass is 366 g/mol. The van der Waals surface area contributed by atoms with Crippen LogP contribution < -0.4 is 10.9 Å². The third-order valence-corrected chi connectivity index (χ3v) is 4.33. The molecule has 4 nitrogen and oxygen atoms in total. The van der Waals surface area contributed by atoms with E-state index in [2.05, 4.69) is 26.1 Å². The Balaban J connectivity index is 1.98. The Labute approximate surface area is 157 Å². The lowest BCUT2D eigenvalue weighted by atomic mass is 9.96. The zero-order valence-corrected chi connectivity index (χ0v) is 16.0. The standard InChI is InChI=1S/C22H23FN2O2/c1-14-12-15(8-9-18(14)23)20(26)24-19-7-5-6-17-16(19)10-11-25(21(17)27)13-22(2,3)4/h5-12H,13H2,1-4H3,(H,24,26). The van der Waals surface area contributed by atoms with Crippen LogP contribution in [-0.4, -0.2) is 10.5 Å². The first kappa shape index (κ1) is 18.8. The minimum atomic E-state index is -0.351. The van der Waals surface area contributed by atoms with Crippen LogP contribution in [0.15, 0.2) is 53.5 Å². The van der Waals surface area contributed by atoms with Crippen LogP contribution in [0.25, 0.3) is 10.8 Å². The molecule has 27 heavy (non-hydrogen) atoms. The fourth-order valence-corrected chi connectivity index (χ4v) is 3.04. The van der Waals surface area contributed by atoms with E-state index in [1.54, 1.807) is 35.9 Å². The molecule has 0 saturated carbocycles. The second kappa shape index (κ2) is 6.99. The summed E-state index contributed by atoms with van der Waals surface area (Å²) in [6.07, 6.45) is 1.76. The molecule has 1 amide bonds. The lowest BCUT2D eigenvalue weighted by molar-refractivity contribution is 0.102. The number of pyridine rings is 1. The molecule has 140 valence electrons. The number of fused-ring (bicyclic) bond motifs is 1. The van der Waals surface area contributed by atoms with Gasteiger partial charge < -0.3 is 9.88 Å². The summed E-state index contributed by atoms with van der Waals surface area (Å²) < 4.78 is 15.1. The first-order valence-corrected chi connectivity index (χ1v) is 8.85. The number of benzene rings is 2. The summed E-state index contributed by atoms with van der Waals surface area (Å²) >= 11 is 0. The maximum absolute atomic E-state index is 13.4. The van der Waals surface area contributed by atoms with E-state index in [1.807, 2.05) is 6.07 Å². The molecule has 0 fully saturated rings. The van der Waals surface area contributed by atoms with E-state index >= 15 is 0 Å². The number of rotatable bonds is 3. The SMILES string of the molecule is Cc1cc(C(=O)Nc2cccc3c(=O)n(CC(C)(C)C)ccc23)ccc1F. The number of amides is 1. The highest BCUT2D eigenvalue weighted by Gasteiger charge is 2.15. The van der Waals surface area contributed by atoms with Crippen LogP contribution in [-0.2, 0) is 6.54 Å². The van der Waals surface area contributed by atoms with Crippen LogP contribution in [0.2, 0.25) is 0 Å². The fourth-order valence-electron chi connectivity index (χ4n) is 3.04. The van der Waals surface area contributed by atoms with E-state index in [0.29, 0.717) is 34.1 Å². The molecule has 0 atom stereocenters. The van der Waals surface area contributed by atoms with Gasteiger partial charge in [0, 0.05) is 34.8 Å². The topological polar surface area (TPSA) is 51.1 Å². The van der Waals surface area contributed by atoms with Gasteiger partial charge in [-0.15, -0.1) is 0 Å². The lowest BCUT2D eigenvalue weighted by Gasteiger charge is -2.20. The van der Waals surface area contributed by atoms with Gasteiger partial charge in [-0.3, -0.25) is 9.59 Å². The number of halogens is 1. The van der Waals surface area contributed by atoms with E-state index in [0.717, 1.165) is 0 Å². The van der Waals surface area contributed by atoms with E-state index < -0.39 is 0 Å². The Morgan fingerprint density at radius 3 is 2.52 bits per heavy atom. The van der Waals surface area contributed by atoms with Gasteiger partial charge in [0.15, 0.2) is 0 Å². The maximum atomic E-state index is 13.4. The van der Waals surface area contributed by atoms with Crippen molar-refractivity contribution in [3.8, 4) is 0 Å². The van der Waals surface area contributed by atoms with Crippen LogP contribution >= 0.6 is 0 Å². The highest BCUT2D eigenvalue weighted by atomic mass is 19.1. The van der Waals surface area contributed by atoms with Crippen molar-refractivity contribution in [2.24, 2.45) is 5.41 Å². The molecule has 1 heterocycles. The van der Waals surface area contributed by atoms with Crippen LogP contribution in [0.4, 0.5) is 10.1 Å². The molecule has 0 aliphatic carbocycles. The summed E-state index contributed by atoms with van der Waals surface area (Å²) in [4.78, 5) is 25.3. The Hall–Kier alpha value is -2.95. The third-order valence-electron chi connectivity index (χ3n) is 4.33. The van der Waals surface area contributed by atoms with Gasteiger partial charge in [-0.25, -0.2) is 4.39 Å². The summed E-state index contributed by atoms with van der Waals surface area (Å²) in [6.45, 7) is 8.44. The predicted octanol–water partition coefficient (Wildman–Crippen LogP) is 4.75. The van der Waals surface area contributed by atoms with Crippen molar-refractivity contribution in [3.05, 3.63) is 76.0 Å². The zero-order chi connectivity index (χ0) is 19.8. The van der Waals surface area contributed by atoms with Crippen molar-refractivity contribution < 1.29 is 9.18 Å². The Bertz CT molecular complexity index is 1080. The van der Waals surface area contributed by atoms with Gasteiger partial charge in [-0.2, -0.15) is 0 Å². The second-order valence-corrected chi connectivity index (χ2v) is 7.99. The highest BCUT2D eigenvalue weighted by molar-refractivity contribution is 6.09.